The van der Waals surface area contributed by atoms with Crippen LogP contribution in [0.4, 0.5) is 0 Å². The predicted molar refractivity (Wildman–Crippen MR) is 53.0 cm³/mol. The standard InChI is InChI=1S/C10H14OS/c1-6-7-3-4-8(5-7)9(6)10(12)11-2/h3-4,6-9H,5H2,1-2H3/t6-,7+,8-,9+/m1/s1. The Morgan fingerprint density at radius 1 is 1.42 bits per heavy atom. The van der Waals surface area contributed by atoms with E-state index < -0.39 is 0 Å². The lowest BCUT2D eigenvalue weighted by molar-refractivity contribution is 0.327. The first-order chi connectivity index (χ1) is 5.74. The summed E-state index contributed by atoms with van der Waals surface area (Å²) in [5, 5.41) is 0.805. The monoisotopic (exact) mass is 182 g/mol. The van der Waals surface area contributed by atoms with Crippen molar-refractivity contribution in [1.82, 2.24) is 0 Å². The smallest absolute Gasteiger partial charge is 0.163 e. The highest BCUT2D eigenvalue weighted by Crippen LogP contribution is 2.48. The van der Waals surface area contributed by atoms with Crippen LogP contribution in [0.1, 0.15) is 13.3 Å². The number of hydrogen-bond donors (Lipinski definition) is 0. The zero-order chi connectivity index (χ0) is 8.72. The number of hydrogen-bond acceptors (Lipinski definition) is 2. The lowest BCUT2D eigenvalue weighted by Gasteiger charge is -2.24. The van der Waals surface area contributed by atoms with Gasteiger partial charge in [0.05, 0.1) is 7.11 Å². The normalized spacial score (nSPS) is 43.5. The first-order valence-corrected chi connectivity index (χ1v) is 4.91. The molecule has 12 heavy (non-hydrogen) atoms. The Bertz CT molecular complexity index is 234. The topological polar surface area (TPSA) is 9.23 Å². The number of methoxy groups -OCH3 is 1. The molecular formula is C10H14OS. The van der Waals surface area contributed by atoms with E-state index in [1.54, 1.807) is 7.11 Å². The van der Waals surface area contributed by atoms with E-state index >= 15 is 0 Å². The fraction of sp³-hybridized carbons (Fsp3) is 0.700. The van der Waals surface area contributed by atoms with Gasteiger partial charge in [-0.25, -0.2) is 0 Å². The van der Waals surface area contributed by atoms with Gasteiger partial charge >= 0.3 is 0 Å². The summed E-state index contributed by atoms with van der Waals surface area (Å²) in [6.45, 7) is 2.28. The minimum atomic E-state index is 0.500. The van der Waals surface area contributed by atoms with E-state index in [1.165, 1.54) is 6.42 Å². The highest BCUT2D eigenvalue weighted by atomic mass is 32.1. The van der Waals surface area contributed by atoms with Gasteiger partial charge in [-0.2, -0.15) is 0 Å². The molecule has 0 aromatic heterocycles. The average Bonchev–Trinajstić information content (AvgIpc) is 2.63. The third kappa shape index (κ3) is 1.01. The molecule has 0 saturated heterocycles. The molecule has 2 bridgehead atoms. The average molecular weight is 182 g/mol. The Labute approximate surface area is 78.8 Å². The van der Waals surface area contributed by atoms with E-state index in [-0.39, 0.29) is 0 Å². The maximum absolute atomic E-state index is 5.20. The summed E-state index contributed by atoms with van der Waals surface area (Å²) in [6.07, 6.45) is 5.93. The molecule has 0 N–H and O–H groups in total. The maximum atomic E-state index is 5.20. The molecule has 0 spiro atoms. The molecule has 2 rings (SSSR count). The van der Waals surface area contributed by atoms with Gasteiger partial charge in [0.2, 0.25) is 0 Å². The predicted octanol–water partition coefficient (Wildman–Crippen LogP) is 2.42. The Balaban J connectivity index is 2.18. The van der Waals surface area contributed by atoms with Gasteiger partial charge in [-0.1, -0.05) is 19.1 Å². The van der Waals surface area contributed by atoms with E-state index in [2.05, 4.69) is 19.1 Å². The number of ether oxygens (including phenoxy) is 1. The molecule has 4 atom stereocenters. The van der Waals surface area contributed by atoms with Crippen LogP contribution in [0.5, 0.6) is 0 Å². The van der Waals surface area contributed by atoms with Gasteiger partial charge in [-0.15, -0.1) is 0 Å². The highest BCUT2D eigenvalue weighted by molar-refractivity contribution is 7.80. The Hall–Kier alpha value is -0.370. The summed E-state index contributed by atoms with van der Waals surface area (Å²) in [7, 11) is 1.69. The van der Waals surface area contributed by atoms with Crippen LogP contribution in [0.15, 0.2) is 12.2 Å². The van der Waals surface area contributed by atoms with E-state index in [9.17, 15) is 0 Å². The van der Waals surface area contributed by atoms with Gasteiger partial charge in [-0.3, -0.25) is 0 Å². The summed E-state index contributed by atoms with van der Waals surface area (Å²) in [4.78, 5) is 0. The summed E-state index contributed by atoms with van der Waals surface area (Å²) in [6, 6.07) is 0. The Morgan fingerprint density at radius 3 is 2.58 bits per heavy atom. The number of rotatable bonds is 1. The van der Waals surface area contributed by atoms with Gasteiger partial charge < -0.3 is 4.74 Å². The van der Waals surface area contributed by atoms with Crippen molar-refractivity contribution < 1.29 is 4.74 Å². The van der Waals surface area contributed by atoms with Crippen LogP contribution >= 0.6 is 12.2 Å². The van der Waals surface area contributed by atoms with Crippen molar-refractivity contribution in [3.05, 3.63) is 12.2 Å². The van der Waals surface area contributed by atoms with E-state index in [0.29, 0.717) is 17.8 Å². The van der Waals surface area contributed by atoms with Crippen LogP contribution in [-0.4, -0.2) is 12.2 Å². The largest absolute Gasteiger partial charge is 0.490 e. The van der Waals surface area contributed by atoms with Crippen molar-refractivity contribution in [2.24, 2.45) is 23.7 Å². The van der Waals surface area contributed by atoms with Crippen LogP contribution in [0.3, 0.4) is 0 Å². The second-order valence-electron chi connectivity index (χ2n) is 3.86. The molecule has 0 aromatic rings. The van der Waals surface area contributed by atoms with Crippen LogP contribution in [-0.2, 0) is 4.74 Å². The summed E-state index contributed by atoms with van der Waals surface area (Å²) >= 11 is 5.20. The van der Waals surface area contributed by atoms with Gasteiger partial charge in [0.1, 0.15) is 0 Å². The Kier molecular flexibility index (Phi) is 1.95. The molecule has 0 amide bonds. The van der Waals surface area contributed by atoms with Crippen molar-refractivity contribution in [3.8, 4) is 0 Å². The molecular weight excluding hydrogens is 168 g/mol. The lowest BCUT2D eigenvalue weighted by Crippen LogP contribution is -2.25. The zero-order valence-corrected chi connectivity index (χ0v) is 8.30. The van der Waals surface area contributed by atoms with Crippen LogP contribution in [0.2, 0.25) is 0 Å². The van der Waals surface area contributed by atoms with Crippen molar-refractivity contribution in [2.45, 2.75) is 13.3 Å². The van der Waals surface area contributed by atoms with Crippen molar-refractivity contribution in [3.63, 3.8) is 0 Å². The van der Waals surface area contributed by atoms with Crippen molar-refractivity contribution >= 4 is 17.3 Å². The fourth-order valence-electron chi connectivity index (χ4n) is 2.59. The molecule has 0 aromatic carbocycles. The highest BCUT2D eigenvalue weighted by Gasteiger charge is 2.44. The summed E-state index contributed by atoms with van der Waals surface area (Å²) in [5.41, 5.74) is 0. The summed E-state index contributed by atoms with van der Waals surface area (Å²) < 4.78 is 5.15. The van der Waals surface area contributed by atoms with Gasteiger partial charge in [0, 0.05) is 5.92 Å². The van der Waals surface area contributed by atoms with Crippen LogP contribution in [0.25, 0.3) is 0 Å². The molecule has 0 radical (unpaired) electrons. The third-order valence-electron chi connectivity index (χ3n) is 3.33. The minimum Gasteiger partial charge on any atom is -0.490 e. The second-order valence-corrected chi connectivity index (χ2v) is 4.26. The van der Waals surface area contributed by atoms with Gasteiger partial charge in [0.25, 0.3) is 0 Å². The number of allylic oxidation sites excluding steroid dienone is 2. The van der Waals surface area contributed by atoms with Crippen LogP contribution < -0.4 is 0 Å². The fourth-order valence-corrected chi connectivity index (χ4v) is 2.98. The molecule has 0 aliphatic heterocycles. The quantitative estimate of drug-likeness (QED) is 0.455. The van der Waals surface area contributed by atoms with Gasteiger partial charge in [-0.05, 0) is 36.4 Å². The summed E-state index contributed by atoms with van der Waals surface area (Å²) in [5.74, 6) is 2.61. The molecule has 2 aliphatic carbocycles. The van der Waals surface area contributed by atoms with E-state index in [4.69, 9.17) is 17.0 Å². The first-order valence-electron chi connectivity index (χ1n) is 4.50. The number of thiocarbonyl (C=S) groups is 1. The van der Waals surface area contributed by atoms with E-state index in [1.807, 2.05) is 0 Å². The molecule has 1 fully saturated rings. The first kappa shape index (κ1) is 8.24. The molecule has 2 aliphatic rings. The minimum absolute atomic E-state index is 0.500. The second kappa shape index (κ2) is 2.84. The van der Waals surface area contributed by atoms with Crippen molar-refractivity contribution in [1.29, 1.82) is 0 Å². The lowest BCUT2D eigenvalue weighted by atomic mass is 9.85. The van der Waals surface area contributed by atoms with Crippen LogP contribution in [0, 0.1) is 23.7 Å². The molecule has 1 saturated carbocycles. The molecule has 0 heterocycles. The SMILES string of the molecule is COC(=S)[C@H]1[C@H](C)[C@H]2C=C[C@@H]1C2. The molecule has 66 valence electrons. The van der Waals surface area contributed by atoms with Crippen molar-refractivity contribution in [2.75, 3.05) is 7.11 Å². The third-order valence-corrected chi connectivity index (χ3v) is 3.77. The maximum Gasteiger partial charge on any atom is 0.163 e. The number of fused-ring (bicyclic) bond motifs is 2. The molecule has 0 unspecified atom stereocenters. The Morgan fingerprint density at radius 2 is 2.08 bits per heavy atom. The van der Waals surface area contributed by atoms with E-state index in [0.717, 1.165) is 11.0 Å². The molecule has 2 heteroatoms. The van der Waals surface area contributed by atoms with Gasteiger partial charge in [0.15, 0.2) is 5.05 Å². The molecule has 1 nitrogen and oxygen atoms in total. The zero-order valence-electron chi connectivity index (χ0n) is 7.49.